The Hall–Kier alpha value is -1.72. The highest BCUT2D eigenvalue weighted by molar-refractivity contribution is 5.81. The number of hydrogen-bond acceptors (Lipinski definition) is 4. The molecule has 0 radical (unpaired) electrons. The highest BCUT2D eigenvalue weighted by Gasteiger charge is 2.42. The number of nitrogens with zero attached hydrogens (tertiary/aromatic N) is 2. The van der Waals surface area contributed by atoms with E-state index in [0.29, 0.717) is 12.0 Å². The molecule has 1 N–H and O–H groups in total. The lowest BCUT2D eigenvalue weighted by Gasteiger charge is -2.32. The van der Waals surface area contributed by atoms with Crippen molar-refractivity contribution in [1.82, 2.24) is 14.9 Å². The van der Waals surface area contributed by atoms with Gasteiger partial charge in [0.1, 0.15) is 0 Å². The van der Waals surface area contributed by atoms with Crippen molar-refractivity contribution < 1.29 is 4.74 Å². The van der Waals surface area contributed by atoms with Crippen molar-refractivity contribution in [3.05, 3.63) is 39.9 Å². The van der Waals surface area contributed by atoms with Crippen LogP contribution >= 0.6 is 0 Å². The third kappa shape index (κ3) is 2.39. The first kappa shape index (κ1) is 14.8. The fraction of sp³-hybridized carbons (Fsp3) is 0.556. The average molecular weight is 313 g/mol. The van der Waals surface area contributed by atoms with Gasteiger partial charge in [-0.1, -0.05) is 6.07 Å². The molecule has 1 spiro atoms. The normalized spacial score (nSPS) is 23.7. The van der Waals surface area contributed by atoms with Crippen LogP contribution in [0.2, 0.25) is 0 Å². The van der Waals surface area contributed by atoms with E-state index >= 15 is 0 Å². The number of fused-ring (bicyclic) bond motifs is 1. The van der Waals surface area contributed by atoms with E-state index in [2.05, 4.69) is 10.3 Å². The van der Waals surface area contributed by atoms with Crippen molar-refractivity contribution in [2.24, 2.45) is 0 Å². The van der Waals surface area contributed by atoms with Crippen LogP contribution in [0.4, 0.5) is 0 Å². The standard InChI is InChI=1S/C18H23N3O2/c1-12-3-4-15-16(13(12)2)20-11-21(17(15)22)14-9-18(23-10-14)5-7-19-8-6-18/h3-4,11,14,19H,5-10H2,1-2H3/t14-/m1/s1. The minimum Gasteiger partial charge on any atom is -0.373 e. The van der Waals surface area contributed by atoms with Gasteiger partial charge in [0.2, 0.25) is 0 Å². The van der Waals surface area contributed by atoms with Gasteiger partial charge < -0.3 is 10.1 Å². The summed E-state index contributed by atoms with van der Waals surface area (Å²) < 4.78 is 7.92. The number of aromatic nitrogens is 2. The molecule has 2 aliphatic rings. The van der Waals surface area contributed by atoms with Crippen LogP contribution in [0.25, 0.3) is 10.9 Å². The third-order valence-corrected chi connectivity index (χ3v) is 5.58. The van der Waals surface area contributed by atoms with Gasteiger partial charge in [-0.3, -0.25) is 9.36 Å². The van der Waals surface area contributed by atoms with Crippen LogP contribution in [0, 0.1) is 13.8 Å². The molecule has 0 bridgehead atoms. The number of benzene rings is 1. The molecule has 2 aliphatic heterocycles. The molecule has 1 aromatic carbocycles. The molecule has 4 rings (SSSR count). The van der Waals surface area contributed by atoms with E-state index in [-0.39, 0.29) is 17.2 Å². The first-order valence-corrected chi connectivity index (χ1v) is 8.41. The van der Waals surface area contributed by atoms with Gasteiger partial charge in [-0.2, -0.15) is 0 Å². The predicted octanol–water partition coefficient (Wildman–Crippen LogP) is 2.10. The summed E-state index contributed by atoms with van der Waals surface area (Å²) in [5, 5.41) is 4.09. The maximum Gasteiger partial charge on any atom is 0.261 e. The maximum absolute atomic E-state index is 12.9. The summed E-state index contributed by atoms with van der Waals surface area (Å²) in [5.74, 6) is 0. The van der Waals surface area contributed by atoms with Crippen LogP contribution in [-0.4, -0.2) is 34.8 Å². The molecule has 3 heterocycles. The van der Waals surface area contributed by atoms with Crippen molar-refractivity contribution in [3.8, 4) is 0 Å². The Balaban J connectivity index is 1.72. The summed E-state index contributed by atoms with van der Waals surface area (Å²) in [6, 6.07) is 4.00. The van der Waals surface area contributed by atoms with Gasteiger partial charge in [0.15, 0.2) is 0 Å². The van der Waals surface area contributed by atoms with Crippen molar-refractivity contribution >= 4 is 10.9 Å². The van der Waals surface area contributed by atoms with E-state index in [1.807, 2.05) is 26.0 Å². The molecular formula is C18H23N3O2. The molecule has 2 aromatic rings. The van der Waals surface area contributed by atoms with Crippen molar-refractivity contribution in [2.45, 2.75) is 44.8 Å². The summed E-state index contributed by atoms with van der Waals surface area (Å²) in [6.07, 6.45) is 4.67. The highest BCUT2D eigenvalue weighted by Crippen LogP contribution is 2.38. The van der Waals surface area contributed by atoms with E-state index in [4.69, 9.17) is 4.74 Å². The molecule has 0 saturated carbocycles. The lowest BCUT2D eigenvalue weighted by atomic mass is 9.88. The summed E-state index contributed by atoms with van der Waals surface area (Å²) in [4.78, 5) is 17.5. The second-order valence-corrected chi connectivity index (χ2v) is 6.96. The zero-order chi connectivity index (χ0) is 16.0. The van der Waals surface area contributed by atoms with E-state index < -0.39 is 0 Å². The van der Waals surface area contributed by atoms with Gasteiger partial charge in [-0.05, 0) is 63.4 Å². The second kappa shape index (κ2) is 5.42. The molecule has 0 aliphatic carbocycles. The number of rotatable bonds is 1. The molecule has 2 fully saturated rings. The molecule has 5 nitrogen and oxygen atoms in total. The predicted molar refractivity (Wildman–Crippen MR) is 89.9 cm³/mol. The van der Waals surface area contributed by atoms with Crippen molar-refractivity contribution in [2.75, 3.05) is 19.7 Å². The Morgan fingerprint density at radius 2 is 2.09 bits per heavy atom. The largest absolute Gasteiger partial charge is 0.373 e. The van der Waals surface area contributed by atoms with Crippen LogP contribution in [0.3, 0.4) is 0 Å². The number of piperidine rings is 1. The third-order valence-electron chi connectivity index (χ3n) is 5.58. The molecular weight excluding hydrogens is 290 g/mol. The molecule has 122 valence electrons. The highest BCUT2D eigenvalue weighted by atomic mass is 16.5. The van der Waals surface area contributed by atoms with E-state index in [1.165, 1.54) is 5.56 Å². The summed E-state index contributed by atoms with van der Waals surface area (Å²) in [5.41, 5.74) is 3.08. The second-order valence-electron chi connectivity index (χ2n) is 6.96. The van der Waals surface area contributed by atoms with Gasteiger partial charge in [0.05, 0.1) is 35.5 Å². The minimum atomic E-state index is -0.0481. The smallest absolute Gasteiger partial charge is 0.261 e. The zero-order valence-corrected chi connectivity index (χ0v) is 13.8. The van der Waals surface area contributed by atoms with Crippen LogP contribution in [-0.2, 0) is 4.74 Å². The minimum absolute atomic E-state index is 0.0481. The van der Waals surface area contributed by atoms with E-state index in [9.17, 15) is 4.79 Å². The van der Waals surface area contributed by atoms with Gasteiger partial charge in [-0.15, -0.1) is 0 Å². The van der Waals surface area contributed by atoms with Gasteiger partial charge >= 0.3 is 0 Å². The average Bonchev–Trinajstić information content (AvgIpc) is 2.95. The Kier molecular flexibility index (Phi) is 3.50. The first-order valence-electron chi connectivity index (χ1n) is 8.41. The topological polar surface area (TPSA) is 56.1 Å². The van der Waals surface area contributed by atoms with Gasteiger partial charge in [-0.25, -0.2) is 4.98 Å². The maximum atomic E-state index is 12.9. The van der Waals surface area contributed by atoms with Crippen LogP contribution in [0.15, 0.2) is 23.3 Å². The Labute approximate surface area is 135 Å². The molecule has 1 aromatic heterocycles. The van der Waals surface area contributed by atoms with Crippen LogP contribution < -0.4 is 10.9 Å². The van der Waals surface area contributed by atoms with E-state index in [1.54, 1.807) is 10.9 Å². The lowest BCUT2D eigenvalue weighted by Crippen LogP contribution is -2.41. The Morgan fingerprint density at radius 3 is 2.87 bits per heavy atom. The monoisotopic (exact) mass is 313 g/mol. The molecule has 0 unspecified atom stereocenters. The SMILES string of the molecule is Cc1ccc2c(=O)n([C@H]3COC4(CCNCC4)C3)cnc2c1C. The van der Waals surface area contributed by atoms with Crippen molar-refractivity contribution in [3.63, 3.8) is 0 Å². The van der Waals surface area contributed by atoms with Crippen LogP contribution in [0.5, 0.6) is 0 Å². The Morgan fingerprint density at radius 1 is 1.30 bits per heavy atom. The fourth-order valence-electron chi connectivity index (χ4n) is 3.94. The summed E-state index contributed by atoms with van der Waals surface area (Å²) >= 11 is 0. The van der Waals surface area contributed by atoms with Gasteiger partial charge in [0.25, 0.3) is 5.56 Å². The molecule has 2 saturated heterocycles. The summed E-state index contributed by atoms with van der Waals surface area (Å²) in [6.45, 7) is 6.68. The molecule has 23 heavy (non-hydrogen) atoms. The Bertz CT molecular complexity index is 806. The van der Waals surface area contributed by atoms with Gasteiger partial charge in [0, 0.05) is 0 Å². The number of nitrogens with one attached hydrogen (secondary N) is 1. The zero-order valence-electron chi connectivity index (χ0n) is 13.8. The molecule has 1 atom stereocenters. The van der Waals surface area contributed by atoms with Crippen LogP contribution in [0.1, 0.15) is 36.4 Å². The van der Waals surface area contributed by atoms with Crippen molar-refractivity contribution in [1.29, 1.82) is 0 Å². The summed E-state index contributed by atoms with van der Waals surface area (Å²) in [7, 11) is 0. The number of ether oxygens (including phenoxy) is 1. The number of hydrogen-bond donors (Lipinski definition) is 1. The molecule has 5 heteroatoms. The quantitative estimate of drug-likeness (QED) is 0.876. The lowest BCUT2D eigenvalue weighted by molar-refractivity contribution is -0.0196. The van der Waals surface area contributed by atoms with E-state index in [0.717, 1.165) is 43.4 Å². The number of aryl methyl sites for hydroxylation is 2. The first-order chi connectivity index (χ1) is 11.1. The molecule has 0 amide bonds. The fourth-order valence-corrected chi connectivity index (χ4v) is 3.94.